The molecule has 0 bridgehead atoms. The van der Waals surface area contributed by atoms with Gasteiger partial charge in [-0.2, -0.15) is 0 Å². The van der Waals surface area contributed by atoms with Gasteiger partial charge in [-0.1, -0.05) is 31.9 Å². The Bertz CT molecular complexity index is 516. The number of nitrogens with zero attached hydrogens (tertiary/aromatic N) is 1. The Labute approximate surface area is 143 Å². The molecule has 0 saturated carbocycles. The standard InChI is InChI=1S/C18H25NO3S/c1-2-3-4-12-21-16-8-5-15(6-9-16)7-10-17(20)19-11-13-22-18(23)14-19/h5-10,18,23H,2-4,11-14H2,1H3/b10-7+. The summed E-state index contributed by atoms with van der Waals surface area (Å²) in [6.45, 7) is 4.61. The molecule has 2 rings (SSSR count). The van der Waals surface area contributed by atoms with Gasteiger partial charge in [-0.05, 0) is 30.2 Å². The SMILES string of the molecule is CCCCCOc1ccc(/C=C/C(=O)N2CCOC(S)C2)cc1. The van der Waals surface area contributed by atoms with E-state index in [4.69, 9.17) is 9.47 Å². The van der Waals surface area contributed by atoms with Crippen LogP contribution in [0.15, 0.2) is 30.3 Å². The first-order chi connectivity index (χ1) is 11.2. The Morgan fingerprint density at radius 3 is 2.87 bits per heavy atom. The summed E-state index contributed by atoms with van der Waals surface area (Å²) in [6.07, 6.45) is 6.89. The normalized spacial score (nSPS) is 18.3. The first kappa shape index (κ1) is 17.9. The number of carbonyl (C=O) groups is 1. The van der Waals surface area contributed by atoms with E-state index in [-0.39, 0.29) is 11.3 Å². The van der Waals surface area contributed by atoms with E-state index in [1.165, 1.54) is 12.8 Å². The number of hydrogen-bond donors (Lipinski definition) is 1. The van der Waals surface area contributed by atoms with Crippen LogP contribution < -0.4 is 4.74 Å². The molecule has 1 fully saturated rings. The zero-order valence-electron chi connectivity index (χ0n) is 13.6. The number of amides is 1. The van der Waals surface area contributed by atoms with Crippen LogP contribution in [-0.2, 0) is 9.53 Å². The van der Waals surface area contributed by atoms with Crippen LogP contribution in [-0.4, -0.2) is 42.5 Å². The fourth-order valence-electron chi connectivity index (χ4n) is 2.32. The van der Waals surface area contributed by atoms with Gasteiger partial charge >= 0.3 is 0 Å². The number of thiol groups is 1. The van der Waals surface area contributed by atoms with E-state index >= 15 is 0 Å². The lowest BCUT2D eigenvalue weighted by molar-refractivity contribution is -0.130. The van der Waals surface area contributed by atoms with Crippen molar-refractivity contribution in [1.82, 2.24) is 4.90 Å². The smallest absolute Gasteiger partial charge is 0.246 e. The Balaban J connectivity index is 1.81. The largest absolute Gasteiger partial charge is 0.494 e. The monoisotopic (exact) mass is 335 g/mol. The molecule has 4 nitrogen and oxygen atoms in total. The molecule has 0 aromatic heterocycles. The minimum Gasteiger partial charge on any atom is -0.494 e. The average Bonchev–Trinajstić information content (AvgIpc) is 2.57. The third kappa shape index (κ3) is 6.28. The number of benzene rings is 1. The molecule has 126 valence electrons. The minimum atomic E-state index is -0.190. The second-order valence-corrected chi connectivity index (χ2v) is 6.14. The molecule has 1 aliphatic heterocycles. The third-order valence-electron chi connectivity index (χ3n) is 3.67. The highest BCUT2D eigenvalue weighted by Crippen LogP contribution is 2.14. The van der Waals surface area contributed by atoms with Gasteiger partial charge in [-0.25, -0.2) is 0 Å². The summed E-state index contributed by atoms with van der Waals surface area (Å²) in [5.74, 6) is 0.864. The molecule has 1 heterocycles. The van der Waals surface area contributed by atoms with E-state index in [1.54, 1.807) is 11.0 Å². The summed E-state index contributed by atoms with van der Waals surface area (Å²) in [5.41, 5.74) is 0.792. The van der Waals surface area contributed by atoms with E-state index in [2.05, 4.69) is 19.6 Å². The number of rotatable bonds is 7. The highest BCUT2D eigenvalue weighted by molar-refractivity contribution is 7.80. The van der Waals surface area contributed by atoms with Crippen LogP contribution in [0.5, 0.6) is 5.75 Å². The number of hydrogen-bond acceptors (Lipinski definition) is 4. The van der Waals surface area contributed by atoms with Gasteiger partial charge < -0.3 is 14.4 Å². The molecule has 1 atom stereocenters. The maximum Gasteiger partial charge on any atom is 0.246 e. The predicted octanol–water partition coefficient (Wildman–Crippen LogP) is 3.38. The van der Waals surface area contributed by atoms with E-state index in [0.29, 0.717) is 19.7 Å². The Kier molecular flexibility index (Phi) is 7.49. The van der Waals surface area contributed by atoms with E-state index in [9.17, 15) is 4.79 Å². The Morgan fingerprint density at radius 1 is 1.39 bits per heavy atom. The second-order valence-electron chi connectivity index (χ2n) is 5.57. The van der Waals surface area contributed by atoms with Gasteiger partial charge in [0.1, 0.15) is 11.2 Å². The van der Waals surface area contributed by atoms with E-state index < -0.39 is 0 Å². The van der Waals surface area contributed by atoms with E-state index in [0.717, 1.165) is 24.3 Å². The van der Waals surface area contributed by atoms with Gasteiger partial charge in [0.2, 0.25) is 5.91 Å². The number of ether oxygens (including phenoxy) is 2. The van der Waals surface area contributed by atoms with Crippen LogP contribution in [0.3, 0.4) is 0 Å². The van der Waals surface area contributed by atoms with Crippen molar-refractivity contribution in [3.05, 3.63) is 35.9 Å². The molecular weight excluding hydrogens is 310 g/mol. The molecule has 1 aromatic rings. The van der Waals surface area contributed by atoms with Crippen molar-refractivity contribution in [2.24, 2.45) is 0 Å². The van der Waals surface area contributed by atoms with Crippen molar-refractivity contribution in [3.63, 3.8) is 0 Å². The van der Waals surface area contributed by atoms with Crippen LogP contribution in [0.25, 0.3) is 6.08 Å². The summed E-state index contributed by atoms with van der Waals surface area (Å²) in [5, 5.41) is 0. The summed E-state index contributed by atoms with van der Waals surface area (Å²) in [4.78, 5) is 13.9. The topological polar surface area (TPSA) is 38.8 Å². The number of unbranched alkanes of at least 4 members (excludes halogenated alkanes) is 2. The predicted molar refractivity (Wildman–Crippen MR) is 95.8 cm³/mol. The van der Waals surface area contributed by atoms with Crippen LogP contribution in [0.2, 0.25) is 0 Å². The molecule has 0 radical (unpaired) electrons. The molecule has 1 amide bonds. The molecular formula is C18H25NO3S. The first-order valence-electron chi connectivity index (χ1n) is 8.18. The van der Waals surface area contributed by atoms with Crippen molar-refractivity contribution < 1.29 is 14.3 Å². The van der Waals surface area contributed by atoms with Crippen LogP contribution in [0.1, 0.15) is 31.7 Å². The lowest BCUT2D eigenvalue weighted by Gasteiger charge is -2.29. The molecule has 1 aromatic carbocycles. The first-order valence-corrected chi connectivity index (χ1v) is 8.70. The molecule has 5 heteroatoms. The Hall–Kier alpha value is -1.46. The highest BCUT2D eigenvalue weighted by atomic mass is 32.1. The van der Waals surface area contributed by atoms with Crippen LogP contribution in [0, 0.1) is 0 Å². The summed E-state index contributed by atoms with van der Waals surface area (Å²) >= 11 is 4.25. The molecule has 0 aliphatic carbocycles. The highest BCUT2D eigenvalue weighted by Gasteiger charge is 2.19. The number of morpholine rings is 1. The molecule has 1 saturated heterocycles. The lowest BCUT2D eigenvalue weighted by atomic mass is 10.2. The van der Waals surface area contributed by atoms with Crippen molar-refractivity contribution in [1.29, 1.82) is 0 Å². The van der Waals surface area contributed by atoms with Crippen molar-refractivity contribution in [2.75, 3.05) is 26.3 Å². The quantitative estimate of drug-likeness (QED) is 0.472. The molecule has 23 heavy (non-hydrogen) atoms. The third-order valence-corrected chi connectivity index (χ3v) is 3.99. The van der Waals surface area contributed by atoms with Gasteiger partial charge in [0, 0.05) is 12.6 Å². The summed E-state index contributed by atoms with van der Waals surface area (Å²) in [6, 6.07) is 7.79. The van der Waals surface area contributed by atoms with Gasteiger partial charge in [-0.15, -0.1) is 12.6 Å². The zero-order valence-corrected chi connectivity index (χ0v) is 14.5. The van der Waals surface area contributed by atoms with Crippen LogP contribution in [0.4, 0.5) is 0 Å². The summed E-state index contributed by atoms with van der Waals surface area (Å²) in [7, 11) is 0. The maximum atomic E-state index is 12.1. The molecule has 1 aliphatic rings. The maximum absolute atomic E-state index is 12.1. The zero-order chi connectivity index (χ0) is 16.5. The van der Waals surface area contributed by atoms with Gasteiger partial charge in [0.15, 0.2) is 0 Å². The van der Waals surface area contributed by atoms with Crippen LogP contribution >= 0.6 is 12.6 Å². The Morgan fingerprint density at radius 2 is 2.17 bits per heavy atom. The fourth-order valence-corrected chi connectivity index (χ4v) is 2.62. The van der Waals surface area contributed by atoms with Crippen molar-refractivity contribution in [2.45, 2.75) is 31.6 Å². The molecule has 1 unspecified atom stereocenters. The van der Waals surface area contributed by atoms with Gasteiger partial charge in [0.05, 0.1) is 19.8 Å². The second kappa shape index (κ2) is 9.63. The average molecular weight is 335 g/mol. The van der Waals surface area contributed by atoms with Gasteiger partial charge in [0.25, 0.3) is 0 Å². The lowest BCUT2D eigenvalue weighted by Crippen LogP contribution is -2.43. The van der Waals surface area contributed by atoms with E-state index in [1.807, 2.05) is 30.3 Å². The summed E-state index contributed by atoms with van der Waals surface area (Å²) < 4.78 is 11.0. The van der Waals surface area contributed by atoms with Gasteiger partial charge in [-0.3, -0.25) is 4.79 Å². The van der Waals surface area contributed by atoms with Crippen molar-refractivity contribution >= 4 is 24.6 Å². The number of carbonyl (C=O) groups excluding carboxylic acids is 1. The molecule has 0 N–H and O–H groups in total. The fraction of sp³-hybridized carbons (Fsp3) is 0.500. The van der Waals surface area contributed by atoms with Crippen molar-refractivity contribution in [3.8, 4) is 5.75 Å². The minimum absolute atomic E-state index is 0.00718. The molecule has 0 spiro atoms.